The fraction of sp³-hybridized carbons (Fsp3) is 0.323. The Morgan fingerprint density at radius 2 is 1.74 bits per heavy atom. The number of hydrogen-bond donors (Lipinski definition) is 2. The normalized spacial score (nSPS) is 14.7. The van der Waals surface area contributed by atoms with Gasteiger partial charge < -0.3 is 10.4 Å². The highest BCUT2D eigenvalue weighted by Crippen LogP contribution is 2.27. The average Bonchev–Trinajstić information content (AvgIpc) is 2.91. The van der Waals surface area contributed by atoms with E-state index < -0.39 is 0 Å². The Morgan fingerprint density at radius 3 is 2.49 bits per heavy atom. The highest BCUT2D eigenvalue weighted by molar-refractivity contribution is 6.30. The molecule has 39 heavy (non-hydrogen) atoms. The molecule has 0 saturated carbocycles. The SMILES string of the molecule is CC(C)NC(=O)Cn1c(-c2cccc(Cl)c2)nc2ccc(-c3cccc(CN4CCC(O)CC4)c3)cc2c1=O. The summed E-state index contributed by atoms with van der Waals surface area (Å²) in [7, 11) is 0. The molecule has 0 atom stereocenters. The molecule has 4 aromatic rings. The first-order valence-corrected chi connectivity index (χ1v) is 13.7. The topological polar surface area (TPSA) is 87.5 Å². The van der Waals surface area contributed by atoms with E-state index in [1.54, 1.807) is 18.2 Å². The van der Waals surface area contributed by atoms with Gasteiger partial charge in [0.25, 0.3) is 5.56 Å². The lowest BCUT2D eigenvalue weighted by Crippen LogP contribution is -2.37. The lowest BCUT2D eigenvalue weighted by atomic mass is 10.0. The Morgan fingerprint density at radius 1 is 1.03 bits per heavy atom. The first kappa shape index (κ1) is 27.1. The van der Waals surface area contributed by atoms with E-state index in [0.29, 0.717) is 27.3 Å². The first-order chi connectivity index (χ1) is 18.8. The number of aliphatic hydroxyl groups is 1. The summed E-state index contributed by atoms with van der Waals surface area (Å²) >= 11 is 6.24. The number of nitrogens with one attached hydrogen (secondary N) is 1. The second-order valence-corrected chi connectivity index (χ2v) is 10.9. The van der Waals surface area contributed by atoms with E-state index in [9.17, 15) is 14.7 Å². The predicted molar refractivity (Wildman–Crippen MR) is 156 cm³/mol. The largest absolute Gasteiger partial charge is 0.393 e. The van der Waals surface area contributed by atoms with Crippen LogP contribution in [-0.2, 0) is 17.9 Å². The lowest BCUT2D eigenvalue weighted by molar-refractivity contribution is -0.122. The maximum Gasteiger partial charge on any atom is 0.262 e. The number of carbonyl (C=O) groups excluding carboxylic acids is 1. The zero-order valence-corrected chi connectivity index (χ0v) is 23.0. The molecule has 1 amide bonds. The van der Waals surface area contributed by atoms with Crippen LogP contribution in [0.2, 0.25) is 5.02 Å². The molecule has 1 fully saturated rings. The van der Waals surface area contributed by atoms with Crippen molar-refractivity contribution in [2.75, 3.05) is 13.1 Å². The maximum atomic E-state index is 13.9. The van der Waals surface area contributed by atoms with Gasteiger partial charge in [-0.2, -0.15) is 0 Å². The number of amides is 1. The molecule has 8 heteroatoms. The molecule has 0 unspecified atom stereocenters. The average molecular weight is 545 g/mol. The van der Waals surface area contributed by atoms with Gasteiger partial charge in [0.15, 0.2) is 0 Å². The van der Waals surface area contributed by atoms with Gasteiger partial charge in [-0.1, -0.05) is 48.0 Å². The van der Waals surface area contributed by atoms with Crippen LogP contribution in [0.15, 0.2) is 71.5 Å². The molecule has 0 aliphatic carbocycles. The Hall–Kier alpha value is -3.52. The summed E-state index contributed by atoms with van der Waals surface area (Å²) in [5, 5.41) is 13.6. The fourth-order valence-corrected chi connectivity index (χ4v) is 5.28. The molecule has 2 heterocycles. The number of hydrogen-bond acceptors (Lipinski definition) is 5. The smallest absolute Gasteiger partial charge is 0.262 e. The van der Waals surface area contributed by atoms with Crippen LogP contribution in [0, 0.1) is 0 Å². The van der Waals surface area contributed by atoms with Gasteiger partial charge in [0.05, 0.1) is 17.0 Å². The molecule has 3 aromatic carbocycles. The third-order valence-corrected chi connectivity index (χ3v) is 7.25. The maximum absolute atomic E-state index is 13.9. The van der Waals surface area contributed by atoms with Crippen LogP contribution in [0.5, 0.6) is 0 Å². The summed E-state index contributed by atoms with van der Waals surface area (Å²) in [6.07, 6.45) is 1.41. The molecule has 5 rings (SSSR count). The number of piperidine rings is 1. The van der Waals surface area contributed by atoms with E-state index in [0.717, 1.165) is 43.6 Å². The van der Waals surface area contributed by atoms with Crippen molar-refractivity contribution in [3.05, 3.63) is 87.7 Å². The second-order valence-electron chi connectivity index (χ2n) is 10.5. The van der Waals surface area contributed by atoms with E-state index >= 15 is 0 Å². The van der Waals surface area contributed by atoms with Gasteiger partial charge in [0, 0.05) is 36.3 Å². The van der Waals surface area contributed by atoms with E-state index in [1.165, 1.54) is 10.1 Å². The Bertz CT molecular complexity index is 1560. The van der Waals surface area contributed by atoms with Crippen LogP contribution in [0.4, 0.5) is 0 Å². The highest BCUT2D eigenvalue weighted by Gasteiger charge is 2.19. The van der Waals surface area contributed by atoms with Gasteiger partial charge in [-0.15, -0.1) is 0 Å². The third kappa shape index (κ3) is 6.38. The Kier molecular flexibility index (Phi) is 8.12. The van der Waals surface area contributed by atoms with Crippen LogP contribution in [0.25, 0.3) is 33.4 Å². The van der Waals surface area contributed by atoms with Gasteiger partial charge in [0.2, 0.25) is 5.91 Å². The van der Waals surface area contributed by atoms with Crippen molar-refractivity contribution in [1.29, 1.82) is 0 Å². The number of benzene rings is 3. The minimum atomic E-state index is -0.279. The highest BCUT2D eigenvalue weighted by atomic mass is 35.5. The van der Waals surface area contributed by atoms with Crippen LogP contribution in [-0.4, -0.2) is 50.7 Å². The fourth-order valence-electron chi connectivity index (χ4n) is 5.09. The molecule has 1 saturated heterocycles. The number of fused-ring (bicyclic) bond motifs is 1. The molecule has 0 radical (unpaired) electrons. The lowest BCUT2D eigenvalue weighted by Gasteiger charge is -2.29. The van der Waals surface area contributed by atoms with Crippen molar-refractivity contribution < 1.29 is 9.90 Å². The Balaban J connectivity index is 1.53. The van der Waals surface area contributed by atoms with Gasteiger partial charge in [-0.3, -0.25) is 19.1 Å². The molecule has 1 aliphatic heterocycles. The molecule has 0 bridgehead atoms. The second kappa shape index (κ2) is 11.7. The zero-order valence-electron chi connectivity index (χ0n) is 22.2. The summed E-state index contributed by atoms with van der Waals surface area (Å²) in [5.74, 6) is 0.140. The van der Waals surface area contributed by atoms with Gasteiger partial charge in [-0.25, -0.2) is 4.98 Å². The van der Waals surface area contributed by atoms with Crippen molar-refractivity contribution in [3.63, 3.8) is 0 Å². The number of rotatable bonds is 7. The molecule has 7 nitrogen and oxygen atoms in total. The molecular formula is C31H33ClN4O3. The first-order valence-electron chi connectivity index (χ1n) is 13.4. The van der Waals surface area contributed by atoms with Gasteiger partial charge in [0.1, 0.15) is 12.4 Å². The number of aromatic nitrogens is 2. The van der Waals surface area contributed by atoms with Crippen molar-refractivity contribution in [3.8, 4) is 22.5 Å². The van der Waals surface area contributed by atoms with Gasteiger partial charge in [-0.05, 0) is 73.7 Å². The number of likely N-dealkylation sites (tertiary alicyclic amines) is 1. The van der Waals surface area contributed by atoms with Crippen molar-refractivity contribution in [2.24, 2.45) is 0 Å². The number of aliphatic hydroxyl groups excluding tert-OH is 1. The van der Waals surface area contributed by atoms with Crippen molar-refractivity contribution in [2.45, 2.75) is 51.9 Å². The monoisotopic (exact) mass is 544 g/mol. The van der Waals surface area contributed by atoms with E-state index in [4.69, 9.17) is 16.6 Å². The molecule has 0 spiro atoms. The summed E-state index contributed by atoms with van der Waals surface area (Å²) in [4.78, 5) is 33.7. The molecular weight excluding hydrogens is 512 g/mol. The van der Waals surface area contributed by atoms with E-state index in [-0.39, 0.29) is 30.2 Å². The van der Waals surface area contributed by atoms with E-state index in [2.05, 4.69) is 22.3 Å². The number of carbonyl (C=O) groups is 1. The molecule has 1 aromatic heterocycles. The number of nitrogens with zero attached hydrogens (tertiary/aromatic N) is 3. The summed E-state index contributed by atoms with van der Waals surface area (Å²) in [6.45, 7) is 6.19. The van der Waals surface area contributed by atoms with Crippen LogP contribution in [0.3, 0.4) is 0 Å². The standard InChI is InChI=1S/C31H33ClN4O3/c1-20(2)33-29(38)19-36-30(24-7-4-8-25(32)16-24)34-28-10-9-23(17-27(28)31(36)39)22-6-3-5-21(15-22)18-35-13-11-26(37)12-14-35/h3-10,15-17,20,26,37H,11-14,18-19H2,1-2H3,(H,33,38). The van der Waals surface area contributed by atoms with Crippen molar-refractivity contribution >= 4 is 28.4 Å². The third-order valence-electron chi connectivity index (χ3n) is 7.01. The minimum Gasteiger partial charge on any atom is -0.393 e. The molecule has 2 N–H and O–H groups in total. The van der Waals surface area contributed by atoms with Crippen molar-refractivity contribution in [1.82, 2.24) is 19.8 Å². The molecule has 202 valence electrons. The van der Waals surface area contributed by atoms with Crippen LogP contribution >= 0.6 is 11.6 Å². The predicted octanol–water partition coefficient (Wildman–Crippen LogP) is 4.87. The van der Waals surface area contributed by atoms with Crippen LogP contribution in [0.1, 0.15) is 32.3 Å². The van der Waals surface area contributed by atoms with E-state index in [1.807, 2.05) is 50.2 Å². The molecule has 1 aliphatic rings. The summed E-state index contributed by atoms with van der Waals surface area (Å²) in [6, 6.07) is 21.1. The quantitative estimate of drug-likeness (QED) is 0.347. The number of halogens is 1. The zero-order chi connectivity index (χ0) is 27.5. The minimum absolute atomic E-state index is 0.0508. The summed E-state index contributed by atoms with van der Waals surface area (Å²) < 4.78 is 1.43. The van der Waals surface area contributed by atoms with Crippen LogP contribution < -0.4 is 10.9 Å². The summed E-state index contributed by atoms with van der Waals surface area (Å²) in [5.41, 5.74) is 4.04. The Labute approximate surface area is 233 Å². The van der Waals surface area contributed by atoms with Gasteiger partial charge >= 0.3 is 0 Å².